The van der Waals surface area contributed by atoms with Crippen molar-refractivity contribution in [2.24, 2.45) is 0 Å². The topological polar surface area (TPSA) is 23.0 Å². The largest absolute Gasteiger partial charge is 0.454 e. The van der Waals surface area contributed by atoms with Crippen molar-refractivity contribution in [1.82, 2.24) is 9.13 Å². The minimum atomic E-state index is -0.119. The first-order valence-corrected chi connectivity index (χ1v) is 11.8. The van der Waals surface area contributed by atoms with Crippen LogP contribution < -0.4 is 0 Å². The predicted molar refractivity (Wildman–Crippen MR) is 140 cm³/mol. The van der Waals surface area contributed by atoms with Crippen molar-refractivity contribution in [2.75, 3.05) is 0 Å². The molecule has 3 heteroatoms. The third kappa shape index (κ3) is 2.04. The zero-order valence-corrected chi connectivity index (χ0v) is 19.0. The molecular formula is C31H22N2O. The highest BCUT2D eigenvalue weighted by atomic mass is 16.3. The second-order valence-electron chi connectivity index (χ2n) is 9.86. The number of rotatable bonds is 1. The van der Waals surface area contributed by atoms with Crippen LogP contribution in [-0.2, 0) is 5.41 Å². The van der Waals surface area contributed by atoms with Gasteiger partial charge < -0.3 is 13.6 Å². The van der Waals surface area contributed by atoms with E-state index in [1.165, 1.54) is 38.8 Å². The number of nitrogens with zero attached hydrogens (tertiary/aromatic N) is 2. The average molecular weight is 439 g/mol. The maximum absolute atomic E-state index is 6.49. The first kappa shape index (κ1) is 18.2. The molecule has 0 saturated carbocycles. The van der Waals surface area contributed by atoms with Crippen molar-refractivity contribution in [2.45, 2.75) is 19.3 Å². The molecule has 0 bridgehead atoms. The van der Waals surface area contributed by atoms with Crippen molar-refractivity contribution in [1.29, 1.82) is 0 Å². The van der Waals surface area contributed by atoms with Crippen LogP contribution in [0.4, 0.5) is 0 Å². The van der Waals surface area contributed by atoms with Gasteiger partial charge in [-0.1, -0.05) is 80.6 Å². The van der Waals surface area contributed by atoms with Crippen LogP contribution in [0.25, 0.3) is 55.1 Å². The fraction of sp³-hybridized carbons (Fsp3) is 0.0968. The molecule has 3 nitrogen and oxygen atoms in total. The molecule has 8 rings (SSSR count). The van der Waals surface area contributed by atoms with Crippen LogP contribution in [0.3, 0.4) is 0 Å². The molecule has 3 aromatic heterocycles. The highest BCUT2D eigenvalue weighted by Crippen LogP contribution is 2.49. The van der Waals surface area contributed by atoms with Crippen molar-refractivity contribution in [3.63, 3.8) is 0 Å². The van der Waals surface area contributed by atoms with Gasteiger partial charge in [-0.3, -0.25) is 0 Å². The molecule has 4 heterocycles. The van der Waals surface area contributed by atoms with Crippen molar-refractivity contribution in [3.05, 3.63) is 108 Å². The third-order valence-electron chi connectivity index (χ3n) is 7.69. The summed E-state index contributed by atoms with van der Waals surface area (Å²) in [6.45, 7) is 4.68. The molecule has 0 unspecified atom stereocenters. The van der Waals surface area contributed by atoms with Gasteiger partial charge >= 0.3 is 0 Å². The van der Waals surface area contributed by atoms with Crippen LogP contribution in [-0.4, -0.2) is 9.13 Å². The fourth-order valence-electron chi connectivity index (χ4n) is 6.22. The SMILES string of the molecule is CC1(C)c2ccccc2-n2cc3c4ccccc4n(-c4cccc5c4oc4ccccc45)c3c21. The van der Waals surface area contributed by atoms with Gasteiger partial charge in [-0.15, -0.1) is 0 Å². The number of para-hydroxylation sites is 4. The van der Waals surface area contributed by atoms with Crippen LogP contribution >= 0.6 is 0 Å². The summed E-state index contributed by atoms with van der Waals surface area (Å²) in [5.74, 6) is 0. The minimum absolute atomic E-state index is 0.119. The summed E-state index contributed by atoms with van der Waals surface area (Å²) in [6, 6.07) is 32.3. The summed E-state index contributed by atoms with van der Waals surface area (Å²) >= 11 is 0. The first-order valence-electron chi connectivity index (χ1n) is 11.8. The Bertz CT molecular complexity index is 1940. The zero-order valence-electron chi connectivity index (χ0n) is 19.0. The Labute approximate surface area is 196 Å². The lowest BCUT2D eigenvalue weighted by Gasteiger charge is -2.20. The normalized spacial score (nSPS) is 14.4. The molecule has 162 valence electrons. The van der Waals surface area contributed by atoms with Crippen LogP contribution in [0, 0.1) is 0 Å². The zero-order chi connectivity index (χ0) is 22.6. The van der Waals surface area contributed by atoms with E-state index in [-0.39, 0.29) is 5.41 Å². The lowest BCUT2D eigenvalue weighted by molar-refractivity contribution is 0.645. The van der Waals surface area contributed by atoms with E-state index >= 15 is 0 Å². The summed E-state index contributed by atoms with van der Waals surface area (Å²) in [4.78, 5) is 0. The van der Waals surface area contributed by atoms with E-state index in [0.717, 1.165) is 27.6 Å². The number of benzene rings is 4. The van der Waals surface area contributed by atoms with Gasteiger partial charge in [0.15, 0.2) is 5.58 Å². The Balaban J connectivity index is 1.58. The Hall–Kier alpha value is -4.24. The molecule has 0 radical (unpaired) electrons. The maximum atomic E-state index is 6.49. The van der Waals surface area contributed by atoms with E-state index in [4.69, 9.17) is 4.42 Å². The average Bonchev–Trinajstić information content (AvgIpc) is 3.57. The van der Waals surface area contributed by atoms with Crippen molar-refractivity contribution >= 4 is 43.7 Å². The number of furan rings is 1. The molecule has 0 N–H and O–H groups in total. The van der Waals surface area contributed by atoms with Crippen molar-refractivity contribution in [3.8, 4) is 11.4 Å². The quantitative estimate of drug-likeness (QED) is 0.254. The van der Waals surface area contributed by atoms with Gasteiger partial charge in [-0.25, -0.2) is 0 Å². The van der Waals surface area contributed by atoms with Crippen LogP contribution in [0.2, 0.25) is 0 Å². The summed E-state index contributed by atoms with van der Waals surface area (Å²) in [7, 11) is 0. The van der Waals surface area contributed by atoms with Gasteiger partial charge in [0.1, 0.15) is 5.58 Å². The molecule has 1 aliphatic heterocycles. The summed E-state index contributed by atoms with van der Waals surface area (Å²) in [6.07, 6.45) is 2.33. The molecular weight excluding hydrogens is 416 g/mol. The Morgan fingerprint density at radius 3 is 2.26 bits per heavy atom. The van der Waals surface area contributed by atoms with E-state index in [9.17, 15) is 0 Å². The van der Waals surface area contributed by atoms with Crippen LogP contribution in [0.1, 0.15) is 25.1 Å². The standard InChI is InChI=1S/C31H22N2O/c1-31(2)23-13-5-7-15-25(23)32-18-22-19-10-3-6-14-24(19)33(28(22)30(31)32)26-16-9-12-21-20-11-4-8-17-27(20)34-29(21)26/h3-18H,1-2H3. The van der Waals surface area contributed by atoms with Crippen LogP contribution in [0.15, 0.2) is 102 Å². The lowest BCUT2D eigenvalue weighted by Crippen LogP contribution is -2.16. The highest BCUT2D eigenvalue weighted by Gasteiger charge is 2.39. The van der Waals surface area contributed by atoms with Gasteiger partial charge in [0.2, 0.25) is 0 Å². The molecule has 34 heavy (non-hydrogen) atoms. The predicted octanol–water partition coefficient (Wildman–Crippen LogP) is 8.11. The monoisotopic (exact) mass is 438 g/mol. The Morgan fingerprint density at radius 2 is 1.35 bits per heavy atom. The summed E-state index contributed by atoms with van der Waals surface area (Å²) in [5.41, 5.74) is 9.25. The number of hydrogen-bond acceptors (Lipinski definition) is 1. The molecule has 1 aliphatic rings. The van der Waals surface area contributed by atoms with E-state index in [1.54, 1.807) is 0 Å². The summed E-state index contributed by atoms with van der Waals surface area (Å²) in [5, 5.41) is 4.85. The smallest absolute Gasteiger partial charge is 0.159 e. The maximum Gasteiger partial charge on any atom is 0.159 e. The number of fused-ring (bicyclic) bond motifs is 10. The third-order valence-corrected chi connectivity index (χ3v) is 7.69. The van der Waals surface area contributed by atoms with Gasteiger partial charge in [0.25, 0.3) is 0 Å². The van der Waals surface area contributed by atoms with E-state index < -0.39 is 0 Å². The second kappa shape index (κ2) is 6.00. The van der Waals surface area contributed by atoms with E-state index in [2.05, 4.69) is 114 Å². The summed E-state index contributed by atoms with van der Waals surface area (Å²) < 4.78 is 11.3. The van der Waals surface area contributed by atoms with Gasteiger partial charge in [0.05, 0.1) is 22.4 Å². The number of aromatic nitrogens is 2. The fourth-order valence-corrected chi connectivity index (χ4v) is 6.22. The second-order valence-corrected chi connectivity index (χ2v) is 9.86. The molecule has 0 saturated heterocycles. The molecule has 7 aromatic rings. The minimum Gasteiger partial charge on any atom is -0.454 e. The molecule has 0 aliphatic carbocycles. The molecule has 0 spiro atoms. The lowest BCUT2D eigenvalue weighted by atomic mass is 9.83. The van der Waals surface area contributed by atoms with Crippen LogP contribution in [0.5, 0.6) is 0 Å². The van der Waals surface area contributed by atoms with E-state index in [0.29, 0.717) is 0 Å². The highest BCUT2D eigenvalue weighted by molar-refractivity contribution is 6.14. The molecule has 0 fully saturated rings. The Kier molecular flexibility index (Phi) is 3.22. The number of hydrogen-bond donors (Lipinski definition) is 0. The Morgan fingerprint density at radius 1 is 0.647 bits per heavy atom. The molecule has 0 amide bonds. The van der Waals surface area contributed by atoms with Gasteiger partial charge in [-0.2, -0.15) is 0 Å². The van der Waals surface area contributed by atoms with E-state index in [1.807, 2.05) is 6.07 Å². The first-order chi connectivity index (χ1) is 16.6. The van der Waals surface area contributed by atoms with Crippen molar-refractivity contribution < 1.29 is 4.42 Å². The molecule has 0 atom stereocenters. The molecule has 4 aromatic carbocycles. The van der Waals surface area contributed by atoms with Gasteiger partial charge in [0, 0.05) is 38.8 Å². The van der Waals surface area contributed by atoms with Gasteiger partial charge in [-0.05, 0) is 29.8 Å².